The molecule has 0 spiro atoms. The number of hydrogen-bond acceptors (Lipinski definition) is 3. The van der Waals surface area contributed by atoms with Crippen molar-refractivity contribution in [1.29, 1.82) is 0 Å². The fourth-order valence-electron chi connectivity index (χ4n) is 2.48. The summed E-state index contributed by atoms with van der Waals surface area (Å²) in [5.41, 5.74) is 0. The molecule has 0 saturated carbocycles. The number of nitrogens with one attached hydrogen (secondary N) is 2. The number of nitrogens with zero attached hydrogens (tertiary/aromatic N) is 1. The molecule has 4 nitrogen and oxygen atoms in total. The van der Waals surface area contributed by atoms with Gasteiger partial charge in [-0.15, -0.1) is 0 Å². The van der Waals surface area contributed by atoms with Gasteiger partial charge in [0.15, 0.2) is 0 Å². The number of likely N-dealkylation sites (tertiary alicyclic amines) is 1. The van der Waals surface area contributed by atoms with Crippen LogP contribution in [0.5, 0.6) is 0 Å². The van der Waals surface area contributed by atoms with E-state index in [1.54, 1.807) is 0 Å². The molecule has 0 radical (unpaired) electrons. The van der Waals surface area contributed by atoms with E-state index in [0.717, 1.165) is 19.5 Å². The van der Waals surface area contributed by atoms with Gasteiger partial charge in [0.2, 0.25) is 5.91 Å². The molecule has 1 fully saturated rings. The molecule has 1 heterocycles. The molecule has 1 rings (SSSR count). The Kier molecular flexibility index (Phi) is 7.39. The van der Waals surface area contributed by atoms with E-state index in [9.17, 15) is 4.79 Å². The van der Waals surface area contributed by atoms with E-state index in [4.69, 9.17) is 0 Å². The topological polar surface area (TPSA) is 44.4 Å². The first-order chi connectivity index (χ1) is 9.02. The Bertz CT molecular complexity index is 268. The van der Waals surface area contributed by atoms with Crippen LogP contribution in [0.1, 0.15) is 53.4 Å². The molecule has 0 aliphatic carbocycles. The van der Waals surface area contributed by atoms with E-state index < -0.39 is 0 Å². The predicted octanol–water partition coefficient (Wildman–Crippen LogP) is 1.75. The fourth-order valence-corrected chi connectivity index (χ4v) is 2.48. The van der Waals surface area contributed by atoms with Gasteiger partial charge in [-0.3, -0.25) is 9.69 Å². The van der Waals surface area contributed by atoms with Crippen molar-refractivity contribution in [1.82, 2.24) is 15.5 Å². The minimum Gasteiger partial charge on any atom is -0.353 e. The Morgan fingerprint density at radius 1 is 1.32 bits per heavy atom. The lowest BCUT2D eigenvalue weighted by molar-refractivity contribution is -0.123. The van der Waals surface area contributed by atoms with Gasteiger partial charge in [0.25, 0.3) is 0 Å². The van der Waals surface area contributed by atoms with Gasteiger partial charge >= 0.3 is 0 Å². The van der Waals surface area contributed by atoms with Crippen LogP contribution in [0.25, 0.3) is 0 Å². The Balaban J connectivity index is 2.41. The predicted molar refractivity (Wildman–Crippen MR) is 80.2 cm³/mol. The highest BCUT2D eigenvalue weighted by Crippen LogP contribution is 2.16. The van der Waals surface area contributed by atoms with Gasteiger partial charge in [0.1, 0.15) is 0 Å². The van der Waals surface area contributed by atoms with Gasteiger partial charge in [-0.1, -0.05) is 27.2 Å². The quantitative estimate of drug-likeness (QED) is 0.740. The van der Waals surface area contributed by atoms with Crippen molar-refractivity contribution >= 4 is 5.91 Å². The molecule has 0 aromatic heterocycles. The first-order valence-corrected chi connectivity index (χ1v) is 7.79. The van der Waals surface area contributed by atoms with Gasteiger partial charge in [0.05, 0.1) is 6.54 Å². The second-order valence-electron chi connectivity index (χ2n) is 6.06. The maximum Gasteiger partial charge on any atom is 0.234 e. The van der Waals surface area contributed by atoms with E-state index in [-0.39, 0.29) is 11.9 Å². The third-order valence-electron chi connectivity index (χ3n) is 3.88. The van der Waals surface area contributed by atoms with E-state index in [1.165, 1.54) is 19.3 Å². The molecular formula is C15H31N3O. The number of carbonyl (C=O) groups is 1. The largest absolute Gasteiger partial charge is 0.353 e. The lowest BCUT2D eigenvalue weighted by atomic mass is 10.0. The van der Waals surface area contributed by atoms with Crippen LogP contribution in [0.15, 0.2) is 0 Å². The summed E-state index contributed by atoms with van der Waals surface area (Å²) in [6, 6.07) is 1.31. The molecule has 1 saturated heterocycles. The van der Waals surface area contributed by atoms with Gasteiger partial charge < -0.3 is 10.6 Å². The van der Waals surface area contributed by atoms with Gasteiger partial charge in [-0.25, -0.2) is 0 Å². The second-order valence-corrected chi connectivity index (χ2v) is 6.06. The first-order valence-electron chi connectivity index (χ1n) is 7.79. The summed E-state index contributed by atoms with van der Waals surface area (Å²) in [6.45, 7) is 11.1. The molecule has 19 heavy (non-hydrogen) atoms. The molecule has 1 aliphatic rings. The van der Waals surface area contributed by atoms with Crippen molar-refractivity contribution in [2.75, 3.05) is 19.6 Å². The van der Waals surface area contributed by atoms with E-state index in [0.29, 0.717) is 18.6 Å². The van der Waals surface area contributed by atoms with Crippen LogP contribution in [0.4, 0.5) is 0 Å². The molecule has 1 amide bonds. The summed E-state index contributed by atoms with van der Waals surface area (Å²) in [4.78, 5) is 14.3. The lowest BCUT2D eigenvalue weighted by Crippen LogP contribution is -2.51. The van der Waals surface area contributed by atoms with Crippen LogP contribution in [0, 0.1) is 0 Å². The number of amides is 1. The van der Waals surface area contributed by atoms with E-state index >= 15 is 0 Å². The minimum atomic E-state index is 0.172. The Hall–Kier alpha value is -0.610. The zero-order valence-corrected chi connectivity index (χ0v) is 13.0. The highest BCUT2D eigenvalue weighted by atomic mass is 16.2. The second kappa shape index (κ2) is 8.54. The monoisotopic (exact) mass is 269 g/mol. The highest BCUT2D eigenvalue weighted by Gasteiger charge is 2.24. The number of piperidine rings is 1. The summed E-state index contributed by atoms with van der Waals surface area (Å²) >= 11 is 0. The van der Waals surface area contributed by atoms with Crippen molar-refractivity contribution in [2.24, 2.45) is 0 Å². The maximum atomic E-state index is 12.0. The van der Waals surface area contributed by atoms with Crippen LogP contribution in [0.3, 0.4) is 0 Å². The Labute approximate surface area is 118 Å². The average molecular weight is 269 g/mol. The van der Waals surface area contributed by atoms with E-state index in [2.05, 4.69) is 43.2 Å². The molecule has 0 aromatic rings. The zero-order chi connectivity index (χ0) is 14.3. The van der Waals surface area contributed by atoms with Crippen molar-refractivity contribution in [3.05, 3.63) is 0 Å². The summed E-state index contributed by atoms with van der Waals surface area (Å²) in [6.07, 6.45) is 4.70. The molecule has 4 heteroatoms. The minimum absolute atomic E-state index is 0.172. The molecule has 2 atom stereocenters. The molecule has 1 aliphatic heterocycles. The smallest absolute Gasteiger partial charge is 0.234 e. The van der Waals surface area contributed by atoms with Crippen LogP contribution in [-0.4, -0.2) is 48.6 Å². The van der Waals surface area contributed by atoms with Crippen LogP contribution < -0.4 is 10.6 Å². The third kappa shape index (κ3) is 6.39. The van der Waals surface area contributed by atoms with Crippen molar-refractivity contribution < 1.29 is 4.79 Å². The standard InChI is InChI=1S/C15H31N3O/c1-5-13(4)17-15(19)11-18-9-7-6-8-14(18)10-16-12(2)3/h12-14,16H,5-11H2,1-4H3,(H,17,19). The Morgan fingerprint density at radius 3 is 2.68 bits per heavy atom. The molecule has 0 aromatic carbocycles. The first kappa shape index (κ1) is 16.4. The summed E-state index contributed by atoms with van der Waals surface area (Å²) in [7, 11) is 0. The molecule has 112 valence electrons. The normalized spacial score (nSPS) is 22.5. The highest BCUT2D eigenvalue weighted by molar-refractivity contribution is 5.78. The zero-order valence-electron chi connectivity index (χ0n) is 13.0. The maximum absolute atomic E-state index is 12.0. The average Bonchev–Trinajstić information content (AvgIpc) is 2.37. The SMILES string of the molecule is CCC(C)NC(=O)CN1CCCCC1CNC(C)C. The molecule has 2 N–H and O–H groups in total. The van der Waals surface area contributed by atoms with E-state index in [1.807, 2.05) is 0 Å². The van der Waals surface area contributed by atoms with Crippen LogP contribution in [-0.2, 0) is 4.79 Å². The third-order valence-corrected chi connectivity index (χ3v) is 3.88. The van der Waals surface area contributed by atoms with Crippen LogP contribution >= 0.6 is 0 Å². The number of carbonyl (C=O) groups excluding carboxylic acids is 1. The molecule has 2 unspecified atom stereocenters. The van der Waals surface area contributed by atoms with Gasteiger partial charge in [-0.05, 0) is 32.7 Å². The van der Waals surface area contributed by atoms with Crippen molar-refractivity contribution in [3.63, 3.8) is 0 Å². The van der Waals surface area contributed by atoms with Crippen molar-refractivity contribution in [2.45, 2.75) is 71.5 Å². The van der Waals surface area contributed by atoms with Crippen molar-refractivity contribution in [3.8, 4) is 0 Å². The Morgan fingerprint density at radius 2 is 2.05 bits per heavy atom. The molecule has 0 bridgehead atoms. The number of hydrogen-bond donors (Lipinski definition) is 2. The summed E-state index contributed by atoms with van der Waals surface area (Å²) in [5, 5.41) is 6.56. The van der Waals surface area contributed by atoms with Gasteiger partial charge in [-0.2, -0.15) is 0 Å². The summed E-state index contributed by atoms with van der Waals surface area (Å²) < 4.78 is 0. The van der Waals surface area contributed by atoms with Gasteiger partial charge in [0, 0.05) is 24.7 Å². The number of rotatable bonds is 7. The summed E-state index contributed by atoms with van der Waals surface area (Å²) in [5.74, 6) is 0.172. The molecular weight excluding hydrogens is 238 g/mol. The van der Waals surface area contributed by atoms with Crippen LogP contribution in [0.2, 0.25) is 0 Å². The fraction of sp³-hybridized carbons (Fsp3) is 0.933. The lowest BCUT2D eigenvalue weighted by Gasteiger charge is -2.36.